The average Bonchev–Trinajstić information content (AvgIpc) is 3.10. The highest BCUT2D eigenvalue weighted by atomic mass is 32.2. The second-order valence-electron chi connectivity index (χ2n) is 10.4. The van der Waals surface area contributed by atoms with Gasteiger partial charge in [0.1, 0.15) is 11.4 Å². The Labute approximate surface area is 279 Å². The fourth-order valence-corrected chi connectivity index (χ4v) is 5.79. The molecule has 0 saturated carbocycles. The summed E-state index contributed by atoms with van der Waals surface area (Å²) in [6.45, 7) is 4.20. The number of anilines is 3. The maximum Gasteiger partial charge on any atom is 0.272 e. The van der Waals surface area contributed by atoms with Gasteiger partial charge in [0, 0.05) is 33.1 Å². The fraction of sp³-hybridized carbons (Fsp3) is 0.103. The van der Waals surface area contributed by atoms with Crippen molar-refractivity contribution < 1.29 is 19.1 Å². The second-order valence-corrected chi connectivity index (χ2v) is 11.8. The van der Waals surface area contributed by atoms with Crippen molar-refractivity contribution in [3.63, 3.8) is 0 Å². The summed E-state index contributed by atoms with van der Waals surface area (Å²) in [6.07, 6.45) is 1.60. The van der Waals surface area contributed by atoms with Gasteiger partial charge < -0.3 is 15.4 Å². The second kappa shape index (κ2) is 16.1. The highest BCUT2D eigenvalue weighted by Gasteiger charge is 2.25. The predicted molar refractivity (Wildman–Crippen MR) is 190 cm³/mol. The molecule has 0 aliphatic heterocycles. The largest absolute Gasteiger partial charge is 0.493 e. The van der Waals surface area contributed by atoms with Crippen LogP contribution in [0, 0.1) is 0 Å². The van der Waals surface area contributed by atoms with Crippen LogP contribution in [0.15, 0.2) is 150 Å². The van der Waals surface area contributed by atoms with Crippen molar-refractivity contribution in [1.82, 2.24) is 5.32 Å². The van der Waals surface area contributed by atoms with Gasteiger partial charge in [-0.05, 0) is 80.6 Å². The topological polar surface area (TPSA) is 87.7 Å². The quantitative estimate of drug-likeness (QED) is 0.106. The Bertz CT molecular complexity index is 1810. The number of amides is 3. The zero-order chi connectivity index (χ0) is 33.0. The molecule has 0 aliphatic carbocycles. The molecule has 1 unspecified atom stereocenters. The van der Waals surface area contributed by atoms with Crippen molar-refractivity contribution in [3.8, 4) is 5.75 Å². The molecule has 0 spiro atoms. The Balaban J connectivity index is 1.36. The molecule has 5 aromatic carbocycles. The van der Waals surface area contributed by atoms with Gasteiger partial charge in [0.2, 0.25) is 5.91 Å². The SMILES string of the molecule is CCOc1ccccc1/C=C(/NC(=O)c1ccccc1)C(=O)Nc1cccc(SC(C)C(=O)N(c2ccccc2)c2ccccc2)c1. The number of para-hydroxylation sites is 3. The van der Waals surface area contributed by atoms with E-state index in [-0.39, 0.29) is 11.6 Å². The summed E-state index contributed by atoms with van der Waals surface area (Å²) >= 11 is 1.39. The van der Waals surface area contributed by atoms with Gasteiger partial charge in [-0.3, -0.25) is 19.3 Å². The minimum atomic E-state index is -0.508. The molecule has 0 saturated heterocycles. The molecular formula is C39H35N3O4S. The van der Waals surface area contributed by atoms with Crippen LogP contribution in [0.2, 0.25) is 0 Å². The molecule has 5 rings (SSSR count). The first-order valence-corrected chi connectivity index (χ1v) is 16.1. The Kier molecular flexibility index (Phi) is 11.2. The lowest BCUT2D eigenvalue weighted by Gasteiger charge is -2.26. The summed E-state index contributed by atoms with van der Waals surface area (Å²) in [4.78, 5) is 43.2. The zero-order valence-corrected chi connectivity index (χ0v) is 26.9. The van der Waals surface area contributed by atoms with Gasteiger partial charge in [0.25, 0.3) is 11.8 Å². The van der Waals surface area contributed by atoms with E-state index in [9.17, 15) is 14.4 Å². The van der Waals surface area contributed by atoms with Gasteiger partial charge in [-0.2, -0.15) is 0 Å². The van der Waals surface area contributed by atoms with Crippen LogP contribution in [0.5, 0.6) is 5.75 Å². The Morgan fingerprint density at radius 2 is 1.36 bits per heavy atom. The standard InChI is InChI=1S/C39H35N3O4S/c1-3-46-36-25-14-13-18-30(36)26-35(41-37(43)29-16-7-4-8-17-29)38(44)40-31-19-15-24-34(27-31)47-28(2)39(45)42(32-20-9-5-10-21-32)33-22-11-6-12-23-33/h4-28H,3H2,1-2H3,(H,40,44)(H,41,43)/b35-26+. The van der Waals surface area contributed by atoms with Crippen molar-refractivity contribution in [2.75, 3.05) is 16.8 Å². The summed E-state index contributed by atoms with van der Waals surface area (Å²) in [7, 11) is 0. The highest BCUT2D eigenvalue weighted by molar-refractivity contribution is 8.00. The molecule has 0 aromatic heterocycles. The first kappa shape index (κ1) is 32.8. The van der Waals surface area contributed by atoms with Crippen LogP contribution in [0.4, 0.5) is 17.1 Å². The van der Waals surface area contributed by atoms with Crippen molar-refractivity contribution in [2.45, 2.75) is 24.0 Å². The molecule has 3 amide bonds. The van der Waals surface area contributed by atoms with E-state index >= 15 is 0 Å². The van der Waals surface area contributed by atoms with E-state index in [0.29, 0.717) is 29.2 Å². The van der Waals surface area contributed by atoms with Crippen molar-refractivity contribution in [1.29, 1.82) is 0 Å². The number of rotatable bonds is 12. The average molecular weight is 642 g/mol. The molecule has 0 heterocycles. The van der Waals surface area contributed by atoms with Crippen molar-refractivity contribution in [2.24, 2.45) is 0 Å². The molecule has 0 bridgehead atoms. The van der Waals surface area contributed by atoms with E-state index in [1.807, 2.05) is 123 Å². The smallest absolute Gasteiger partial charge is 0.272 e. The molecule has 5 aromatic rings. The summed E-state index contributed by atoms with van der Waals surface area (Å²) in [6, 6.07) is 42.4. The summed E-state index contributed by atoms with van der Waals surface area (Å²) in [5.41, 5.74) is 3.18. The molecule has 0 aliphatic rings. The lowest BCUT2D eigenvalue weighted by Crippen LogP contribution is -2.32. The molecule has 8 heteroatoms. The van der Waals surface area contributed by atoms with E-state index < -0.39 is 17.1 Å². The molecule has 0 radical (unpaired) electrons. The van der Waals surface area contributed by atoms with Crippen LogP contribution in [0.25, 0.3) is 6.08 Å². The van der Waals surface area contributed by atoms with Gasteiger partial charge in [-0.25, -0.2) is 0 Å². The molecule has 47 heavy (non-hydrogen) atoms. The van der Waals surface area contributed by atoms with E-state index in [1.54, 1.807) is 41.3 Å². The van der Waals surface area contributed by atoms with Gasteiger partial charge in [-0.15, -0.1) is 11.8 Å². The Hall–Kier alpha value is -5.60. The summed E-state index contributed by atoms with van der Waals surface area (Å²) in [5.74, 6) is -0.417. The van der Waals surface area contributed by atoms with E-state index in [2.05, 4.69) is 10.6 Å². The lowest BCUT2D eigenvalue weighted by molar-refractivity contribution is -0.117. The van der Waals surface area contributed by atoms with Gasteiger partial charge >= 0.3 is 0 Å². The van der Waals surface area contributed by atoms with Gasteiger partial charge in [-0.1, -0.05) is 78.9 Å². The molecular weight excluding hydrogens is 607 g/mol. The normalized spacial score (nSPS) is 11.7. The van der Waals surface area contributed by atoms with Crippen LogP contribution < -0.4 is 20.3 Å². The van der Waals surface area contributed by atoms with Crippen LogP contribution in [-0.2, 0) is 9.59 Å². The zero-order valence-electron chi connectivity index (χ0n) is 26.1. The fourth-order valence-electron chi connectivity index (χ4n) is 4.82. The first-order chi connectivity index (χ1) is 22.9. The highest BCUT2D eigenvalue weighted by Crippen LogP contribution is 2.32. The van der Waals surface area contributed by atoms with E-state index in [0.717, 1.165) is 16.3 Å². The van der Waals surface area contributed by atoms with Gasteiger partial charge in [0.15, 0.2) is 0 Å². The third-order valence-electron chi connectivity index (χ3n) is 7.05. The maximum atomic E-state index is 13.8. The molecule has 7 nitrogen and oxygen atoms in total. The monoisotopic (exact) mass is 641 g/mol. The number of benzene rings is 5. The van der Waals surface area contributed by atoms with Crippen molar-refractivity contribution in [3.05, 3.63) is 156 Å². The lowest BCUT2D eigenvalue weighted by atomic mass is 10.1. The van der Waals surface area contributed by atoms with Crippen LogP contribution >= 0.6 is 11.8 Å². The van der Waals surface area contributed by atoms with E-state index in [4.69, 9.17) is 4.74 Å². The number of ether oxygens (including phenoxy) is 1. The third kappa shape index (κ3) is 8.77. The molecule has 236 valence electrons. The minimum absolute atomic E-state index is 0.0500. The predicted octanol–water partition coefficient (Wildman–Crippen LogP) is 8.34. The number of carbonyl (C=O) groups excluding carboxylic acids is 3. The number of hydrogen-bond acceptors (Lipinski definition) is 5. The number of hydrogen-bond donors (Lipinski definition) is 2. The van der Waals surface area contributed by atoms with Crippen molar-refractivity contribution >= 4 is 52.6 Å². The number of nitrogens with one attached hydrogen (secondary N) is 2. The Morgan fingerprint density at radius 1 is 0.766 bits per heavy atom. The Morgan fingerprint density at radius 3 is 2.00 bits per heavy atom. The molecule has 2 N–H and O–H groups in total. The van der Waals surface area contributed by atoms with Crippen LogP contribution in [0.1, 0.15) is 29.8 Å². The molecule has 1 atom stereocenters. The third-order valence-corrected chi connectivity index (χ3v) is 8.13. The summed E-state index contributed by atoms with van der Waals surface area (Å²) < 4.78 is 5.75. The van der Waals surface area contributed by atoms with Crippen LogP contribution in [0.3, 0.4) is 0 Å². The van der Waals surface area contributed by atoms with Crippen LogP contribution in [-0.4, -0.2) is 29.6 Å². The maximum absolute atomic E-state index is 13.8. The number of nitrogens with zero attached hydrogens (tertiary/aromatic N) is 1. The number of thioether (sulfide) groups is 1. The first-order valence-electron chi connectivity index (χ1n) is 15.2. The summed E-state index contributed by atoms with van der Waals surface area (Å²) in [5, 5.41) is 5.24. The van der Waals surface area contributed by atoms with Gasteiger partial charge in [0.05, 0.1) is 11.9 Å². The van der Waals surface area contributed by atoms with E-state index in [1.165, 1.54) is 11.8 Å². The number of carbonyl (C=O) groups is 3. The minimum Gasteiger partial charge on any atom is -0.493 e. The molecule has 0 fully saturated rings.